The summed E-state index contributed by atoms with van der Waals surface area (Å²) in [6.07, 6.45) is 5.26. The van der Waals surface area contributed by atoms with E-state index in [9.17, 15) is 4.79 Å². The fourth-order valence-electron chi connectivity index (χ4n) is 2.79. The number of urea groups is 1. The quantitative estimate of drug-likeness (QED) is 0.800. The van der Waals surface area contributed by atoms with Crippen LogP contribution in [0.15, 0.2) is 0 Å². The van der Waals surface area contributed by atoms with Crippen molar-refractivity contribution >= 4 is 6.03 Å². The summed E-state index contributed by atoms with van der Waals surface area (Å²) in [6, 6.07) is 0.0890. The lowest BCUT2D eigenvalue weighted by Crippen LogP contribution is -2.47. The van der Waals surface area contributed by atoms with Gasteiger partial charge in [0.15, 0.2) is 0 Å². The first-order chi connectivity index (χ1) is 8.27. The first kappa shape index (κ1) is 12.7. The lowest BCUT2D eigenvalue weighted by Gasteiger charge is -2.31. The highest BCUT2D eigenvalue weighted by molar-refractivity contribution is 5.74. The van der Waals surface area contributed by atoms with Crippen LogP contribution < -0.4 is 5.32 Å². The van der Waals surface area contributed by atoms with Gasteiger partial charge in [-0.3, -0.25) is 0 Å². The van der Waals surface area contributed by atoms with Crippen molar-refractivity contribution in [3.05, 3.63) is 0 Å². The van der Waals surface area contributed by atoms with Crippen molar-refractivity contribution in [3.8, 4) is 0 Å². The summed E-state index contributed by atoms with van der Waals surface area (Å²) in [6.45, 7) is 5.96. The Balaban J connectivity index is 1.71. The van der Waals surface area contributed by atoms with Gasteiger partial charge >= 0.3 is 6.03 Å². The van der Waals surface area contributed by atoms with Crippen molar-refractivity contribution in [1.82, 2.24) is 10.2 Å². The molecule has 0 aromatic carbocycles. The van der Waals surface area contributed by atoms with Crippen molar-refractivity contribution < 1.29 is 9.53 Å². The van der Waals surface area contributed by atoms with Crippen LogP contribution in [0.4, 0.5) is 4.79 Å². The van der Waals surface area contributed by atoms with Crippen LogP contribution >= 0.6 is 0 Å². The van der Waals surface area contributed by atoms with E-state index in [1.165, 1.54) is 25.7 Å². The van der Waals surface area contributed by atoms with Gasteiger partial charge in [-0.2, -0.15) is 0 Å². The second-order valence-corrected chi connectivity index (χ2v) is 5.31. The molecule has 1 saturated heterocycles. The molecular weight excluding hydrogens is 216 g/mol. The van der Waals surface area contributed by atoms with Gasteiger partial charge in [0.1, 0.15) is 0 Å². The molecule has 17 heavy (non-hydrogen) atoms. The number of carbonyl (C=O) groups is 1. The van der Waals surface area contributed by atoms with E-state index in [4.69, 9.17) is 4.74 Å². The molecule has 98 valence electrons. The predicted octanol–water partition coefficient (Wildman–Crippen LogP) is 1.85. The minimum atomic E-state index is 0.0890. The Kier molecular flexibility index (Phi) is 4.66. The molecule has 0 radical (unpaired) electrons. The monoisotopic (exact) mass is 240 g/mol. The number of morpholine rings is 1. The molecule has 0 bridgehead atoms. The van der Waals surface area contributed by atoms with E-state index in [1.54, 1.807) is 0 Å². The lowest BCUT2D eigenvalue weighted by atomic mass is 9.80. The van der Waals surface area contributed by atoms with E-state index in [0.29, 0.717) is 19.1 Å². The number of rotatable bonds is 2. The Morgan fingerprint density at radius 3 is 2.71 bits per heavy atom. The van der Waals surface area contributed by atoms with E-state index in [1.807, 2.05) is 4.90 Å². The predicted molar refractivity (Wildman–Crippen MR) is 66.9 cm³/mol. The van der Waals surface area contributed by atoms with E-state index >= 15 is 0 Å². The first-order valence-corrected chi connectivity index (χ1v) is 6.88. The maximum Gasteiger partial charge on any atom is 0.317 e. The molecular formula is C13H24N2O2. The van der Waals surface area contributed by atoms with Crippen LogP contribution in [0.2, 0.25) is 0 Å². The number of hydrogen-bond donors (Lipinski definition) is 1. The molecule has 2 amide bonds. The largest absolute Gasteiger partial charge is 0.378 e. The summed E-state index contributed by atoms with van der Waals surface area (Å²) in [5.74, 6) is 1.43. The van der Waals surface area contributed by atoms with E-state index in [2.05, 4.69) is 12.2 Å². The van der Waals surface area contributed by atoms with Crippen LogP contribution in [0.5, 0.6) is 0 Å². The Hall–Kier alpha value is -0.770. The summed E-state index contributed by atoms with van der Waals surface area (Å²) >= 11 is 0. The highest BCUT2D eigenvalue weighted by Gasteiger charge is 2.23. The highest BCUT2D eigenvalue weighted by Crippen LogP contribution is 2.28. The van der Waals surface area contributed by atoms with Gasteiger partial charge in [-0.15, -0.1) is 0 Å². The SMILES string of the molecule is CC1CCCCC1CNC(=O)N1CCOCC1. The maximum absolute atomic E-state index is 11.9. The summed E-state index contributed by atoms with van der Waals surface area (Å²) in [4.78, 5) is 13.8. The Morgan fingerprint density at radius 1 is 1.29 bits per heavy atom. The average molecular weight is 240 g/mol. The Morgan fingerprint density at radius 2 is 2.00 bits per heavy atom. The van der Waals surface area contributed by atoms with Gasteiger partial charge in [0.05, 0.1) is 13.2 Å². The molecule has 1 N–H and O–H groups in total. The highest BCUT2D eigenvalue weighted by atomic mass is 16.5. The number of nitrogens with one attached hydrogen (secondary N) is 1. The van der Waals surface area contributed by atoms with Crippen LogP contribution in [0.25, 0.3) is 0 Å². The van der Waals surface area contributed by atoms with Gasteiger partial charge in [0.2, 0.25) is 0 Å². The summed E-state index contributed by atoms with van der Waals surface area (Å²) < 4.78 is 5.24. The van der Waals surface area contributed by atoms with Crippen LogP contribution in [-0.2, 0) is 4.74 Å². The van der Waals surface area contributed by atoms with Gasteiger partial charge in [-0.05, 0) is 18.3 Å². The standard InChI is InChI=1S/C13H24N2O2/c1-11-4-2-3-5-12(11)10-14-13(16)15-6-8-17-9-7-15/h11-12H,2-10H2,1H3,(H,14,16). The molecule has 4 heteroatoms. The normalized spacial score (nSPS) is 30.1. The molecule has 2 aliphatic rings. The smallest absolute Gasteiger partial charge is 0.317 e. The molecule has 0 aromatic rings. The maximum atomic E-state index is 11.9. The minimum Gasteiger partial charge on any atom is -0.378 e. The van der Waals surface area contributed by atoms with Crippen molar-refractivity contribution in [1.29, 1.82) is 0 Å². The molecule has 2 atom stereocenters. The van der Waals surface area contributed by atoms with E-state index < -0.39 is 0 Å². The van der Waals surface area contributed by atoms with Gasteiger partial charge in [0.25, 0.3) is 0 Å². The molecule has 1 aliphatic carbocycles. The number of ether oxygens (including phenoxy) is 1. The van der Waals surface area contributed by atoms with Gasteiger partial charge < -0.3 is 15.0 Å². The summed E-state index contributed by atoms with van der Waals surface area (Å²) in [7, 11) is 0. The Labute approximate surface area is 104 Å². The van der Waals surface area contributed by atoms with Crippen LogP contribution in [0.1, 0.15) is 32.6 Å². The number of hydrogen-bond acceptors (Lipinski definition) is 2. The van der Waals surface area contributed by atoms with Gasteiger partial charge in [-0.25, -0.2) is 4.79 Å². The Bertz CT molecular complexity index is 252. The fourth-order valence-corrected chi connectivity index (χ4v) is 2.79. The zero-order valence-electron chi connectivity index (χ0n) is 10.8. The van der Waals surface area contributed by atoms with Gasteiger partial charge in [-0.1, -0.05) is 26.2 Å². The third kappa shape index (κ3) is 3.60. The average Bonchev–Trinajstić information content (AvgIpc) is 2.38. The zero-order chi connectivity index (χ0) is 12.1. The van der Waals surface area contributed by atoms with Crippen LogP contribution in [-0.4, -0.2) is 43.8 Å². The molecule has 1 heterocycles. The van der Waals surface area contributed by atoms with E-state index in [-0.39, 0.29) is 6.03 Å². The molecule has 4 nitrogen and oxygen atoms in total. The number of amides is 2. The molecule has 1 saturated carbocycles. The number of carbonyl (C=O) groups excluding carboxylic acids is 1. The molecule has 1 aliphatic heterocycles. The van der Waals surface area contributed by atoms with Crippen molar-refractivity contribution in [2.75, 3.05) is 32.8 Å². The second-order valence-electron chi connectivity index (χ2n) is 5.31. The van der Waals surface area contributed by atoms with Crippen molar-refractivity contribution in [3.63, 3.8) is 0 Å². The molecule has 0 spiro atoms. The molecule has 2 fully saturated rings. The first-order valence-electron chi connectivity index (χ1n) is 6.88. The molecule has 2 rings (SSSR count). The van der Waals surface area contributed by atoms with E-state index in [0.717, 1.165) is 25.6 Å². The minimum absolute atomic E-state index is 0.0890. The molecule has 0 aromatic heterocycles. The number of nitrogens with zero attached hydrogens (tertiary/aromatic N) is 1. The second kappa shape index (κ2) is 6.24. The fraction of sp³-hybridized carbons (Fsp3) is 0.923. The van der Waals surface area contributed by atoms with Gasteiger partial charge in [0, 0.05) is 19.6 Å². The zero-order valence-corrected chi connectivity index (χ0v) is 10.8. The van der Waals surface area contributed by atoms with Crippen molar-refractivity contribution in [2.24, 2.45) is 11.8 Å². The van der Waals surface area contributed by atoms with Crippen LogP contribution in [0, 0.1) is 11.8 Å². The third-order valence-electron chi connectivity index (χ3n) is 4.10. The summed E-state index contributed by atoms with van der Waals surface area (Å²) in [5.41, 5.74) is 0. The third-order valence-corrected chi connectivity index (χ3v) is 4.10. The van der Waals surface area contributed by atoms with Crippen molar-refractivity contribution in [2.45, 2.75) is 32.6 Å². The lowest BCUT2D eigenvalue weighted by molar-refractivity contribution is 0.0526. The van der Waals surface area contributed by atoms with Crippen LogP contribution in [0.3, 0.4) is 0 Å². The summed E-state index contributed by atoms with van der Waals surface area (Å²) in [5, 5.41) is 3.08. The molecule has 2 unspecified atom stereocenters. The topological polar surface area (TPSA) is 41.6 Å².